The molecule has 7 nitrogen and oxygen atoms in total. The normalized spacial score (nSPS) is 17.8. The van der Waals surface area contributed by atoms with Gasteiger partial charge in [0.2, 0.25) is 11.8 Å². The molecule has 1 heterocycles. The van der Waals surface area contributed by atoms with Gasteiger partial charge in [-0.15, -0.1) is 0 Å². The third-order valence-corrected chi connectivity index (χ3v) is 4.31. The zero-order chi connectivity index (χ0) is 18.6. The van der Waals surface area contributed by atoms with Crippen LogP contribution in [0.15, 0.2) is 24.3 Å². The van der Waals surface area contributed by atoms with E-state index in [9.17, 15) is 14.4 Å². The summed E-state index contributed by atoms with van der Waals surface area (Å²) in [4.78, 5) is 41.4. The molecule has 1 aliphatic heterocycles. The SMILES string of the molecule is COCCN1CC(=O)N(Cc2ccc(C(=O)N(C)C)cc2)[C@@H](C)C1=O. The lowest BCUT2D eigenvalue weighted by Crippen LogP contribution is -2.58. The summed E-state index contributed by atoms with van der Waals surface area (Å²) in [5.74, 6) is -0.231. The van der Waals surface area contributed by atoms with Crippen molar-refractivity contribution in [2.24, 2.45) is 0 Å². The van der Waals surface area contributed by atoms with Crippen molar-refractivity contribution < 1.29 is 19.1 Å². The molecule has 0 unspecified atom stereocenters. The third-order valence-electron chi connectivity index (χ3n) is 4.31. The van der Waals surface area contributed by atoms with Crippen LogP contribution in [-0.4, -0.2) is 79.4 Å². The molecule has 136 valence electrons. The van der Waals surface area contributed by atoms with Gasteiger partial charge in [0.05, 0.1) is 13.2 Å². The van der Waals surface area contributed by atoms with E-state index < -0.39 is 6.04 Å². The Bertz CT molecular complexity index is 642. The predicted molar refractivity (Wildman–Crippen MR) is 92.9 cm³/mol. The van der Waals surface area contributed by atoms with E-state index in [-0.39, 0.29) is 24.3 Å². The second kappa shape index (κ2) is 8.11. The topological polar surface area (TPSA) is 70.2 Å². The standard InChI is InChI=1S/C18H25N3O4/c1-13-17(23)20(9-10-25-4)12-16(22)21(13)11-14-5-7-15(8-6-14)18(24)19(2)3/h5-8,13H,9-12H2,1-4H3/t13-/m0/s1. The van der Waals surface area contributed by atoms with E-state index in [4.69, 9.17) is 4.74 Å². The number of hydrogen-bond donors (Lipinski definition) is 0. The molecule has 0 radical (unpaired) electrons. The second-order valence-electron chi connectivity index (χ2n) is 6.35. The average molecular weight is 347 g/mol. The molecule has 7 heteroatoms. The van der Waals surface area contributed by atoms with Gasteiger partial charge in [-0.3, -0.25) is 14.4 Å². The zero-order valence-electron chi connectivity index (χ0n) is 15.2. The first kappa shape index (κ1) is 18.9. The Hall–Kier alpha value is -2.41. The summed E-state index contributed by atoms with van der Waals surface area (Å²) in [6, 6.07) is 6.60. The molecule has 0 bridgehead atoms. The van der Waals surface area contributed by atoms with Gasteiger partial charge in [0, 0.05) is 39.9 Å². The number of amides is 3. The summed E-state index contributed by atoms with van der Waals surface area (Å²) in [5.41, 5.74) is 1.47. The highest BCUT2D eigenvalue weighted by atomic mass is 16.5. The minimum Gasteiger partial charge on any atom is -0.383 e. The molecule has 1 aromatic carbocycles. The van der Waals surface area contributed by atoms with Gasteiger partial charge >= 0.3 is 0 Å². The van der Waals surface area contributed by atoms with Gasteiger partial charge in [0.15, 0.2) is 0 Å². The van der Waals surface area contributed by atoms with Crippen LogP contribution >= 0.6 is 0 Å². The molecule has 0 saturated carbocycles. The molecule has 0 spiro atoms. The summed E-state index contributed by atoms with van der Waals surface area (Å²) in [7, 11) is 4.97. The van der Waals surface area contributed by atoms with Gasteiger partial charge in [-0.1, -0.05) is 12.1 Å². The second-order valence-corrected chi connectivity index (χ2v) is 6.35. The van der Waals surface area contributed by atoms with Gasteiger partial charge < -0.3 is 19.4 Å². The number of rotatable bonds is 6. The van der Waals surface area contributed by atoms with Gasteiger partial charge in [0.25, 0.3) is 5.91 Å². The van der Waals surface area contributed by atoms with Crippen molar-refractivity contribution in [1.82, 2.24) is 14.7 Å². The summed E-state index contributed by atoms with van der Waals surface area (Å²) >= 11 is 0. The molecule has 0 aromatic heterocycles. The first-order chi connectivity index (χ1) is 11.8. The highest BCUT2D eigenvalue weighted by Crippen LogP contribution is 2.17. The predicted octanol–water partition coefficient (Wildman–Crippen LogP) is 0.594. The van der Waals surface area contributed by atoms with Crippen LogP contribution in [0.3, 0.4) is 0 Å². The van der Waals surface area contributed by atoms with Crippen LogP contribution in [0.4, 0.5) is 0 Å². The van der Waals surface area contributed by atoms with Crippen LogP contribution in [0.1, 0.15) is 22.8 Å². The smallest absolute Gasteiger partial charge is 0.253 e. The molecule has 1 aromatic rings. The van der Waals surface area contributed by atoms with E-state index >= 15 is 0 Å². The van der Waals surface area contributed by atoms with Crippen molar-refractivity contribution in [3.8, 4) is 0 Å². The van der Waals surface area contributed by atoms with E-state index in [0.717, 1.165) is 5.56 Å². The number of nitrogens with zero attached hydrogens (tertiary/aromatic N) is 3. The Labute approximate surface area is 148 Å². The fourth-order valence-corrected chi connectivity index (χ4v) is 2.77. The Morgan fingerprint density at radius 2 is 1.88 bits per heavy atom. The van der Waals surface area contributed by atoms with Gasteiger partial charge in [-0.2, -0.15) is 0 Å². The van der Waals surface area contributed by atoms with Crippen molar-refractivity contribution in [2.75, 3.05) is 40.9 Å². The molecule has 1 fully saturated rings. The first-order valence-electron chi connectivity index (χ1n) is 8.23. The molecular weight excluding hydrogens is 322 g/mol. The van der Waals surface area contributed by atoms with E-state index in [2.05, 4.69) is 0 Å². The summed E-state index contributed by atoms with van der Waals surface area (Å²) < 4.78 is 4.98. The molecule has 1 saturated heterocycles. The highest BCUT2D eigenvalue weighted by Gasteiger charge is 2.36. The molecule has 25 heavy (non-hydrogen) atoms. The van der Waals surface area contributed by atoms with Crippen LogP contribution in [0, 0.1) is 0 Å². The molecule has 0 aliphatic carbocycles. The van der Waals surface area contributed by atoms with Crippen molar-refractivity contribution in [1.29, 1.82) is 0 Å². The minimum absolute atomic E-state index is 0.0714. The Kier molecular flexibility index (Phi) is 6.14. The number of carbonyl (C=O) groups is 3. The van der Waals surface area contributed by atoms with Crippen LogP contribution in [-0.2, 0) is 20.9 Å². The molecule has 2 rings (SSSR count). The van der Waals surface area contributed by atoms with E-state index in [1.54, 1.807) is 45.2 Å². The maximum atomic E-state index is 12.4. The Morgan fingerprint density at radius 1 is 1.24 bits per heavy atom. The maximum absolute atomic E-state index is 12.4. The Balaban J connectivity index is 2.06. The fraction of sp³-hybridized carbons (Fsp3) is 0.500. The van der Waals surface area contributed by atoms with Crippen molar-refractivity contribution >= 4 is 17.7 Å². The van der Waals surface area contributed by atoms with Crippen molar-refractivity contribution in [2.45, 2.75) is 19.5 Å². The number of hydrogen-bond acceptors (Lipinski definition) is 4. The molecule has 1 aliphatic rings. The van der Waals surface area contributed by atoms with Crippen LogP contribution in [0.2, 0.25) is 0 Å². The molecule has 1 atom stereocenters. The first-order valence-corrected chi connectivity index (χ1v) is 8.23. The van der Waals surface area contributed by atoms with Crippen LogP contribution in [0.25, 0.3) is 0 Å². The van der Waals surface area contributed by atoms with Crippen molar-refractivity contribution in [3.63, 3.8) is 0 Å². The highest BCUT2D eigenvalue weighted by molar-refractivity contribution is 5.95. The molecule has 0 N–H and O–H groups in total. The minimum atomic E-state index is -0.513. The van der Waals surface area contributed by atoms with E-state index in [1.807, 2.05) is 12.1 Å². The lowest BCUT2D eigenvalue weighted by molar-refractivity contribution is -0.156. The number of benzene rings is 1. The van der Waals surface area contributed by atoms with E-state index in [0.29, 0.717) is 25.3 Å². The number of piperazine rings is 1. The largest absolute Gasteiger partial charge is 0.383 e. The molecular formula is C18H25N3O4. The molecule has 3 amide bonds. The quantitative estimate of drug-likeness (QED) is 0.755. The lowest BCUT2D eigenvalue weighted by Gasteiger charge is -2.38. The van der Waals surface area contributed by atoms with E-state index in [1.165, 1.54) is 9.80 Å². The third kappa shape index (κ3) is 4.36. The zero-order valence-corrected chi connectivity index (χ0v) is 15.2. The monoisotopic (exact) mass is 347 g/mol. The lowest BCUT2D eigenvalue weighted by atomic mass is 10.1. The maximum Gasteiger partial charge on any atom is 0.253 e. The number of carbonyl (C=O) groups excluding carboxylic acids is 3. The van der Waals surface area contributed by atoms with Crippen molar-refractivity contribution in [3.05, 3.63) is 35.4 Å². The van der Waals surface area contributed by atoms with Crippen LogP contribution in [0.5, 0.6) is 0 Å². The number of methoxy groups -OCH3 is 1. The van der Waals surface area contributed by atoms with Gasteiger partial charge in [-0.05, 0) is 24.6 Å². The van der Waals surface area contributed by atoms with Gasteiger partial charge in [-0.25, -0.2) is 0 Å². The average Bonchev–Trinajstić information content (AvgIpc) is 2.60. The fourth-order valence-electron chi connectivity index (χ4n) is 2.77. The van der Waals surface area contributed by atoms with Gasteiger partial charge in [0.1, 0.15) is 6.04 Å². The number of ether oxygens (including phenoxy) is 1. The van der Waals surface area contributed by atoms with Crippen LogP contribution < -0.4 is 0 Å². The summed E-state index contributed by atoms with van der Waals surface area (Å²) in [6.07, 6.45) is 0. The Morgan fingerprint density at radius 3 is 2.44 bits per heavy atom. The summed E-state index contributed by atoms with van der Waals surface area (Å²) in [5, 5.41) is 0. The summed E-state index contributed by atoms with van der Waals surface area (Å²) in [6.45, 7) is 2.99.